The van der Waals surface area contributed by atoms with E-state index in [1.54, 1.807) is 0 Å². The number of carbonyl (C=O) groups is 2. The molecule has 0 aromatic carbocycles. The first-order valence-electron chi connectivity index (χ1n) is 7.17. The Kier molecular flexibility index (Phi) is 8.17. The Balaban J connectivity index is 2.10. The molecule has 1 fully saturated rings. The number of morpholine rings is 1. The van der Waals surface area contributed by atoms with Gasteiger partial charge in [0.1, 0.15) is 0 Å². The minimum Gasteiger partial charge on any atom is -0.394 e. The zero-order valence-corrected chi connectivity index (χ0v) is 12.1. The molecule has 7 heteroatoms. The second kappa shape index (κ2) is 9.68. The molecule has 1 heterocycles. The van der Waals surface area contributed by atoms with E-state index in [0.717, 1.165) is 39.3 Å². The molecule has 1 rings (SSSR count). The van der Waals surface area contributed by atoms with Crippen LogP contribution in [0.15, 0.2) is 0 Å². The summed E-state index contributed by atoms with van der Waals surface area (Å²) < 4.78 is 5.25. The number of nitrogens with one attached hydrogen (secondary N) is 2. The van der Waals surface area contributed by atoms with E-state index < -0.39 is 11.8 Å². The fourth-order valence-electron chi connectivity index (χ4n) is 1.94. The third-order valence-corrected chi connectivity index (χ3v) is 3.30. The van der Waals surface area contributed by atoms with Crippen LogP contribution in [0.4, 0.5) is 0 Å². The van der Waals surface area contributed by atoms with Crippen molar-refractivity contribution in [2.45, 2.75) is 25.8 Å². The number of aliphatic hydroxyl groups excluding tert-OH is 1. The van der Waals surface area contributed by atoms with Crippen molar-refractivity contribution < 1.29 is 19.4 Å². The van der Waals surface area contributed by atoms with E-state index in [1.807, 2.05) is 6.92 Å². The summed E-state index contributed by atoms with van der Waals surface area (Å²) in [5.41, 5.74) is 0. The Hall–Kier alpha value is -1.18. The van der Waals surface area contributed by atoms with Crippen molar-refractivity contribution in [1.29, 1.82) is 0 Å². The molecule has 0 aromatic heterocycles. The van der Waals surface area contributed by atoms with Gasteiger partial charge >= 0.3 is 11.8 Å². The summed E-state index contributed by atoms with van der Waals surface area (Å²) in [5.74, 6) is -1.32. The molecule has 1 aliphatic rings. The van der Waals surface area contributed by atoms with Crippen LogP contribution in [0, 0.1) is 0 Å². The van der Waals surface area contributed by atoms with Crippen LogP contribution in [0.2, 0.25) is 0 Å². The van der Waals surface area contributed by atoms with Crippen LogP contribution < -0.4 is 10.6 Å². The molecule has 2 amide bonds. The molecule has 7 nitrogen and oxygen atoms in total. The summed E-state index contributed by atoms with van der Waals surface area (Å²) >= 11 is 0. The minimum absolute atomic E-state index is 0.160. The Labute approximate surface area is 119 Å². The number of hydrogen-bond acceptors (Lipinski definition) is 5. The highest BCUT2D eigenvalue weighted by Gasteiger charge is 2.16. The van der Waals surface area contributed by atoms with Crippen LogP contribution in [0.3, 0.4) is 0 Å². The molecule has 3 N–H and O–H groups in total. The van der Waals surface area contributed by atoms with Crippen molar-refractivity contribution >= 4 is 11.8 Å². The smallest absolute Gasteiger partial charge is 0.309 e. The number of hydrogen-bond donors (Lipinski definition) is 3. The Morgan fingerprint density at radius 1 is 1.30 bits per heavy atom. The molecule has 0 unspecified atom stereocenters. The van der Waals surface area contributed by atoms with Crippen molar-refractivity contribution in [1.82, 2.24) is 15.5 Å². The summed E-state index contributed by atoms with van der Waals surface area (Å²) in [5, 5.41) is 14.0. The molecular formula is C13H25N3O4. The highest BCUT2D eigenvalue weighted by Crippen LogP contribution is 1.97. The van der Waals surface area contributed by atoms with Crippen LogP contribution >= 0.6 is 0 Å². The number of carbonyl (C=O) groups excluding carboxylic acids is 2. The van der Waals surface area contributed by atoms with E-state index >= 15 is 0 Å². The highest BCUT2D eigenvalue weighted by molar-refractivity contribution is 6.35. The van der Waals surface area contributed by atoms with Crippen molar-refractivity contribution in [3.05, 3.63) is 0 Å². The maximum absolute atomic E-state index is 11.5. The minimum atomic E-state index is -0.683. The molecule has 0 spiro atoms. The lowest BCUT2D eigenvalue weighted by Crippen LogP contribution is -2.46. The maximum atomic E-state index is 11.5. The maximum Gasteiger partial charge on any atom is 0.309 e. The zero-order valence-electron chi connectivity index (χ0n) is 12.1. The fraction of sp³-hybridized carbons (Fsp3) is 0.846. The first-order valence-corrected chi connectivity index (χ1v) is 7.17. The predicted molar refractivity (Wildman–Crippen MR) is 74.2 cm³/mol. The van der Waals surface area contributed by atoms with E-state index in [9.17, 15) is 9.59 Å². The fourth-order valence-corrected chi connectivity index (χ4v) is 1.94. The summed E-state index contributed by atoms with van der Waals surface area (Å²) in [7, 11) is 0. The molecule has 0 bridgehead atoms. The summed E-state index contributed by atoms with van der Waals surface area (Å²) in [6.07, 6.45) is 1.39. The van der Waals surface area contributed by atoms with E-state index in [0.29, 0.717) is 13.0 Å². The third kappa shape index (κ3) is 6.31. The van der Waals surface area contributed by atoms with Gasteiger partial charge in [0.25, 0.3) is 0 Å². The van der Waals surface area contributed by atoms with Crippen LogP contribution in [0.5, 0.6) is 0 Å². The predicted octanol–water partition coefficient (Wildman–Crippen LogP) is -1.29. The van der Waals surface area contributed by atoms with Gasteiger partial charge in [-0.2, -0.15) is 0 Å². The van der Waals surface area contributed by atoms with Gasteiger partial charge in [-0.25, -0.2) is 0 Å². The first-order chi connectivity index (χ1) is 9.67. The average molecular weight is 287 g/mol. The van der Waals surface area contributed by atoms with Gasteiger partial charge in [0.15, 0.2) is 0 Å². The molecule has 116 valence electrons. The zero-order chi connectivity index (χ0) is 14.8. The van der Waals surface area contributed by atoms with Gasteiger partial charge in [0.2, 0.25) is 0 Å². The van der Waals surface area contributed by atoms with Crippen LogP contribution in [0.25, 0.3) is 0 Å². The Morgan fingerprint density at radius 3 is 2.60 bits per heavy atom. The van der Waals surface area contributed by atoms with Gasteiger partial charge < -0.3 is 20.5 Å². The van der Waals surface area contributed by atoms with Crippen molar-refractivity contribution in [3.63, 3.8) is 0 Å². The Bertz CT molecular complexity index is 302. The molecule has 1 aliphatic heterocycles. The number of ether oxygens (including phenoxy) is 1. The van der Waals surface area contributed by atoms with Crippen LogP contribution in [0.1, 0.15) is 19.8 Å². The van der Waals surface area contributed by atoms with Gasteiger partial charge in [-0.3, -0.25) is 14.5 Å². The highest BCUT2D eigenvalue weighted by atomic mass is 16.5. The normalized spacial score (nSPS) is 17.5. The summed E-state index contributed by atoms with van der Waals surface area (Å²) in [6, 6.07) is -0.360. The van der Waals surface area contributed by atoms with Gasteiger partial charge in [-0.05, 0) is 19.4 Å². The molecular weight excluding hydrogens is 262 g/mol. The lowest BCUT2D eigenvalue weighted by atomic mass is 10.2. The van der Waals surface area contributed by atoms with Crippen molar-refractivity contribution in [2.75, 3.05) is 46.0 Å². The lowest BCUT2D eigenvalue weighted by Gasteiger charge is -2.26. The standard InChI is InChI=1S/C13H25N3O4/c1-2-11(10-17)15-13(19)12(18)14-4-3-5-16-6-8-20-9-7-16/h11,17H,2-10H2,1H3,(H,14,18)(H,15,19)/t11-/m1/s1. The van der Waals surface area contributed by atoms with Crippen LogP contribution in [-0.2, 0) is 14.3 Å². The number of aliphatic hydroxyl groups is 1. The van der Waals surface area contributed by atoms with Crippen molar-refractivity contribution in [3.8, 4) is 0 Å². The summed E-state index contributed by atoms with van der Waals surface area (Å²) in [4.78, 5) is 25.3. The molecule has 0 aliphatic carbocycles. The SMILES string of the molecule is CC[C@H](CO)NC(=O)C(=O)NCCCN1CCOCC1. The molecule has 0 radical (unpaired) electrons. The first kappa shape index (κ1) is 16.9. The largest absolute Gasteiger partial charge is 0.394 e. The topological polar surface area (TPSA) is 90.9 Å². The van der Waals surface area contributed by atoms with Gasteiger partial charge in [0, 0.05) is 19.6 Å². The van der Waals surface area contributed by atoms with Gasteiger partial charge in [-0.15, -0.1) is 0 Å². The molecule has 0 aromatic rings. The van der Waals surface area contributed by atoms with E-state index in [2.05, 4.69) is 15.5 Å². The van der Waals surface area contributed by atoms with E-state index in [4.69, 9.17) is 9.84 Å². The van der Waals surface area contributed by atoms with E-state index in [1.165, 1.54) is 0 Å². The van der Waals surface area contributed by atoms with Crippen molar-refractivity contribution in [2.24, 2.45) is 0 Å². The summed E-state index contributed by atoms with van der Waals surface area (Å²) in [6.45, 7) is 6.39. The average Bonchev–Trinajstić information content (AvgIpc) is 2.49. The molecule has 1 atom stereocenters. The quantitative estimate of drug-likeness (QED) is 0.400. The second-order valence-electron chi connectivity index (χ2n) is 4.82. The van der Waals surface area contributed by atoms with Gasteiger partial charge in [0.05, 0.1) is 25.9 Å². The molecule has 0 saturated carbocycles. The van der Waals surface area contributed by atoms with E-state index in [-0.39, 0.29) is 12.6 Å². The Morgan fingerprint density at radius 2 is 2.00 bits per heavy atom. The second-order valence-corrected chi connectivity index (χ2v) is 4.82. The van der Waals surface area contributed by atoms with Crippen LogP contribution in [-0.4, -0.2) is 73.9 Å². The number of nitrogens with zero attached hydrogens (tertiary/aromatic N) is 1. The number of rotatable bonds is 7. The lowest BCUT2D eigenvalue weighted by molar-refractivity contribution is -0.139. The number of amides is 2. The third-order valence-electron chi connectivity index (χ3n) is 3.30. The molecule has 20 heavy (non-hydrogen) atoms. The van der Waals surface area contributed by atoms with Gasteiger partial charge in [-0.1, -0.05) is 6.92 Å². The molecule has 1 saturated heterocycles. The monoisotopic (exact) mass is 287 g/mol.